The summed E-state index contributed by atoms with van der Waals surface area (Å²) in [6.45, 7) is 7.01. The van der Waals surface area contributed by atoms with E-state index in [0.29, 0.717) is 42.6 Å². The minimum absolute atomic E-state index is 0.0958. The van der Waals surface area contributed by atoms with Gasteiger partial charge in [0, 0.05) is 17.0 Å². The van der Waals surface area contributed by atoms with Crippen molar-refractivity contribution in [2.45, 2.75) is 31.8 Å². The first kappa shape index (κ1) is 22.9. The Balaban J connectivity index is 2.15. The van der Waals surface area contributed by atoms with Crippen LogP contribution in [0.2, 0.25) is 0 Å². The summed E-state index contributed by atoms with van der Waals surface area (Å²) < 4.78 is 17.0. The lowest BCUT2D eigenvalue weighted by molar-refractivity contribution is 0.0915. The zero-order valence-corrected chi connectivity index (χ0v) is 18.2. The van der Waals surface area contributed by atoms with Gasteiger partial charge in [-0.25, -0.2) is 0 Å². The maximum Gasteiger partial charge on any atom is 0.251 e. The molecule has 0 aliphatic rings. The molecule has 1 amide bonds. The average molecular weight is 420 g/mol. The first-order valence-corrected chi connectivity index (χ1v) is 10.9. The number of rotatable bonds is 11. The highest BCUT2D eigenvalue weighted by molar-refractivity contribution is 7.98. The molecule has 29 heavy (non-hydrogen) atoms. The Labute approximate surface area is 176 Å². The maximum atomic E-state index is 12.7. The van der Waals surface area contributed by atoms with Crippen LogP contribution < -0.4 is 19.5 Å². The Morgan fingerprint density at radius 1 is 1.00 bits per heavy atom. The lowest BCUT2D eigenvalue weighted by Gasteiger charge is -2.17. The van der Waals surface area contributed by atoms with E-state index in [2.05, 4.69) is 5.32 Å². The van der Waals surface area contributed by atoms with Gasteiger partial charge < -0.3 is 24.6 Å². The minimum Gasteiger partial charge on any atom is -0.490 e. The topological polar surface area (TPSA) is 77.0 Å². The Kier molecular flexibility index (Phi) is 9.15. The molecular formula is C22H29NO5S. The van der Waals surface area contributed by atoms with E-state index in [1.54, 1.807) is 23.9 Å². The number of aliphatic hydroxyl groups excluding tert-OH is 1. The summed E-state index contributed by atoms with van der Waals surface area (Å²) in [7, 11) is 0. The summed E-state index contributed by atoms with van der Waals surface area (Å²) in [4.78, 5) is 13.8. The Hall–Kier alpha value is -2.38. The van der Waals surface area contributed by atoms with E-state index in [1.807, 2.05) is 51.3 Å². The summed E-state index contributed by atoms with van der Waals surface area (Å²) in [5.41, 5.74) is 1.13. The largest absolute Gasteiger partial charge is 0.490 e. The fourth-order valence-corrected chi connectivity index (χ4v) is 3.16. The summed E-state index contributed by atoms with van der Waals surface area (Å²) in [6, 6.07) is 10.9. The van der Waals surface area contributed by atoms with Gasteiger partial charge in [-0.3, -0.25) is 4.79 Å². The molecule has 0 aliphatic heterocycles. The highest BCUT2D eigenvalue weighted by Crippen LogP contribution is 2.39. The summed E-state index contributed by atoms with van der Waals surface area (Å²) in [5, 5.41) is 13.2. The first-order chi connectivity index (χ1) is 14.0. The van der Waals surface area contributed by atoms with E-state index in [0.717, 1.165) is 10.5 Å². The lowest BCUT2D eigenvalue weighted by atomic mass is 10.1. The minimum atomic E-state index is -0.796. The normalized spacial score (nSPS) is 11.6. The molecule has 0 spiro atoms. The van der Waals surface area contributed by atoms with Gasteiger partial charge in [0.25, 0.3) is 5.91 Å². The van der Waals surface area contributed by atoms with Crippen LogP contribution in [0, 0.1) is 0 Å². The van der Waals surface area contributed by atoms with E-state index < -0.39 is 6.10 Å². The Bertz CT molecular complexity index is 767. The molecule has 2 aromatic rings. The van der Waals surface area contributed by atoms with Crippen LogP contribution in [-0.4, -0.2) is 43.6 Å². The smallest absolute Gasteiger partial charge is 0.251 e. The standard InChI is InChI=1S/C22H29NO5S/c1-5-26-19-12-16(13-20(27-6-2)21(19)28-7-3)22(25)23-14-18(24)15-8-10-17(29-4)11-9-15/h8-13,18,24H,5-7,14H2,1-4H3,(H,23,25). The van der Waals surface area contributed by atoms with Gasteiger partial charge in [-0.05, 0) is 56.9 Å². The van der Waals surface area contributed by atoms with Gasteiger partial charge in [-0.1, -0.05) is 12.1 Å². The highest BCUT2D eigenvalue weighted by atomic mass is 32.2. The van der Waals surface area contributed by atoms with Crippen molar-refractivity contribution >= 4 is 17.7 Å². The molecule has 6 nitrogen and oxygen atoms in total. The molecule has 0 bridgehead atoms. The number of benzene rings is 2. The Morgan fingerprint density at radius 3 is 2.03 bits per heavy atom. The molecule has 0 radical (unpaired) electrons. The van der Waals surface area contributed by atoms with Gasteiger partial charge >= 0.3 is 0 Å². The molecule has 0 aliphatic carbocycles. The SMILES string of the molecule is CCOc1cc(C(=O)NCC(O)c2ccc(SC)cc2)cc(OCC)c1OCC. The van der Waals surface area contributed by atoms with E-state index >= 15 is 0 Å². The van der Waals surface area contributed by atoms with E-state index in [4.69, 9.17) is 14.2 Å². The number of nitrogens with one attached hydrogen (secondary N) is 1. The molecule has 1 atom stereocenters. The molecule has 0 fully saturated rings. The fourth-order valence-electron chi connectivity index (χ4n) is 2.76. The molecule has 0 saturated heterocycles. The van der Waals surface area contributed by atoms with Crippen LogP contribution in [0.5, 0.6) is 17.2 Å². The third-order valence-electron chi connectivity index (χ3n) is 4.13. The van der Waals surface area contributed by atoms with Crippen molar-refractivity contribution in [3.05, 3.63) is 47.5 Å². The van der Waals surface area contributed by atoms with Gasteiger partial charge in [-0.2, -0.15) is 0 Å². The second kappa shape index (κ2) is 11.6. The number of carbonyl (C=O) groups is 1. The molecule has 158 valence electrons. The molecule has 1 unspecified atom stereocenters. The van der Waals surface area contributed by atoms with Gasteiger partial charge in [0.05, 0.1) is 25.9 Å². The van der Waals surface area contributed by atoms with Crippen LogP contribution >= 0.6 is 11.8 Å². The number of amides is 1. The number of ether oxygens (including phenoxy) is 3. The van der Waals surface area contributed by atoms with Crippen LogP contribution in [0.1, 0.15) is 42.8 Å². The molecular weight excluding hydrogens is 390 g/mol. The van der Waals surface area contributed by atoms with E-state index in [-0.39, 0.29) is 12.5 Å². The number of aliphatic hydroxyl groups is 1. The Morgan fingerprint density at radius 2 is 1.55 bits per heavy atom. The summed E-state index contributed by atoms with van der Waals surface area (Å²) in [5.74, 6) is 1.08. The monoisotopic (exact) mass is 419 g/mol. The molecule has 0 aromatic heterocycles. The van der Waals surface area contributed by atoms with Crippen molar-refractivity contribution in [3.8, 4) is 17.2 Å². The van der Waals surface area contributed by atoms with E-state index in [1.165, 1.54) is 0 Å². The number of thioether (sulfide) groups is 1. The van der Waals surface area contributed by atoms with Crippen LogP contribution in [-0.2, 0) is 0 Å². The first-order valence-electron chi connectivity index (χ1n) is 9.70. The predicted octanol–water partition coefficient (Wildman–Crippen LogP) is 4.07. The lowest BCUT2D eigenvalue weighted by Crippen LogP contribution is -2.28. The molecule has 7 heteroatoms. The second-order valence-electron chi connectivity index (χ2n) is 6.10. The van der Waals surface area contributed by atoms with Crippen LogP contribution in [0.15, 0.2) is 41.3 Å². The summed E-state index contributed by atoms with van der Waals surface area (Å²) >= 11 is 1.63. The van der Waals surface area contributed by atoms with E-state index in [9.17, 15) is 9.90 Å². The molecule has 0 heterocycles. The number of hydrogen-bond acceptors (Lipinski definition) is 6. The van der Waals surface area contributed by atoms with Crippen LogP contribution in [0.3, 0.4) is 0 Å². The second-order valence-corrected chi connectivity index (χ2v) is 6.98. The fraction of sp³-hybridized carbons (Fsp3) is 0.409. The highest BCUT2D eigenvalue weighted by Gasteiger charge is 2.19. The third kappa shape index (κ3) is 6.30. The average Bonchev–Trinajstić information content (AvgIpc) is 2.74. The molecule has 2 aromatic carbocycles. The van der Waals surface area contributed by atoms with Crippen molar-refractivity contribution < 1.29 is 24.1 Å². The quantitative estimate of drug-likeness (QED) is 0.535. The summed E-state index contributed by atoms with van der Waals surface area (Å²) in [6.07, 6.45) is 1.20. The zero-order chi connectivity index (χ0) is 21.2. The number of carbonyl (C=O) groups excluding carboxylic acids is 1. The van der Waals surface area contributed by atoms with Crippen molar-refractivity contribution in [3.63, 3.8) is 0 Å². The van der Waals surface area contributed by atoms with Crippen LogP contribution in [0.25, 0.3) is 0 Å². The molecule has 2 N–H and O–H groups in total. The molecule has 0 saturated carbocycles. The van der Waals surface area contributed by atoms with Gasteiger partial charge in [0.15, 0.2) is 11.5 Å². The third-order valence-corrected chi connectivity index (χ3v) is 4.87. The maximum absolute atomic E-state index is 12.7. The van der Waals surface area contributed by atoms with Crippen molar-refractivity contribution in [2.75, 3.05) is 32.6 Å². The zero-order valence-electron chi connectivity index (χ0n) is 17.4. The number of hydrogen-bond donors (Lipinski definition) is 2. The van der Waals surface area contributed by atoms with Crippen molar-refractivity contribution in [1.29, 1.82) is 0 Å². The van der Waals surface area contributed by atoms with Gasteiger partial charge in [-0.15, -0.1) is 11.8 Å². The van der Waals surface area contributed by atoms with Gasteiger partial charge in [0.2, 0.25) is 5.75 Å². The van der Waals surface area contributed by atoms with Crippen LogP contribution in [0.4, 0.5) is 0 Å². The van der Waals surface area contributed by atoms with Gasteiger partial charge in [0.1, 0.15) is 0 Å². The van der Waals surface area contributed by atoms with Crippen molar-refractivity contribution in [1.82, 2.24) is 5.32 Å². The van der Waals surface area contributed by atoms with Crippen molar-refractivity contribution in [2.24, 2.45) is 0 Å². The molecule has 2 rings (SSSR count). The predicted molar refractivity (Wildman–Crippen MR) is 115 cm³/mol.